The molecule has 2 N–H and O–H groups in total. The number of pyridine rings is 1. The Morgan fingerprint density at radius 3 is 2.67 bits per heavy atom. The quantitative estimate of drug-likeness (QED) is 0.637. The van der Waals surface area contributed by atoms with E-state index in [1.807, 2.05) is 0 Å². The summed E-state index contributed by atoms with van der Waals surface area (Å²) in [6.45, 7) is 3.41. The van der Waals surface area contributed by atoms with Crippen molar-refractivity contribution in [1.82, 2.24) is 4.98 Å². The molecule has 0 aromatic carbocycles. The second kappa shape index (κ2) is 5.76. The maximum absolute atomic E-state index is 11.0. The van der Waals surface area contributed by atoms with Crippen LogP contribution in [0.1, 0.15) is 13.8 Å². The molecule has 1 aromatic rings. The molecule has 1 aromatic heterocycles. The molecule has 7 nitrogen and oxygen atoms in total. The molecule has 0 saturated carbocycles. The molecule has 0 aliphatic heterocycles. The third-order valence-electron chi connectivity index (χ3n) is 2.26. The van der Waals surface area contributed by atoms with Gasteiger partial charge in [0.15, 0.2) is 0 Å². The van der Waals surface area contributed by atoms with Gasteiger partial charge in [0.25, 0.3) is 0 Å². The Hall–Kier alpha value is -1.70. The van der Waals surface area contributed by atoms with Crippen LogP contribution in [-0.4, -0.2) is 27.0 Å². The molecule has 1 heterocycles. The molecule has 0 radical (unpaired) electrons. The Kier molecular flexibility index (Phi) is 4.60. The van der Waals surface area contributed by atoms with Gasteiger partial charge in [0, 0.05) is 16.7 Å². The van der Waals surface area contributed by atoms with Gasteiger partial charge in [-0.3, -0.25) is 10.1 Å². The molecule has 0 bridgehead atoms. The van der Waals surface area contributed by atoms with Gasteiger partial charge in [0.05, 0.1) is 4.92 Å². The van der Waals surface area contributed by atoms with Crippen LogP contribution >= 0.6 is 15.9 Å². The number of carboxylic acid groups (broad SMARTS) is 1. The van der Waals surface area contributed by atoms with Gasteiger partial charge in [-0.2, -0.15) is 0 Å². The number of hydrogen-bond acceptors (Lipinski definition) is 5. The number of nitro groups is 1. The number of carbonyl (C=O) groups is 1. The van der Waals surface area contributed by atoms with Gasteiger partial charge in [0.1, 0.15) is 6.04 Å². The molecule has 1 unspecified atom stereocenters. The highest BCUT2D eigenvalue weighted by atomic mass is 79.9. The first kappa shape index (κ1) is 14.4. The second-order valence-corrected chi connectivity index (χ2v) is 4.90. The van der Waals surface area contributed by atoms with Gasteiger partial charge in [0.2, 0.25) is 5.82 Å². The highest BCUT2D eigenvalue weighted by molar-refractivity contribution is 9.10. The summed E-state index contributed by atoms with van der Waals surface area (Å²) < 4.78 is 0.455. The minimum Gasteiger partial charge on any atom is -0.480 e. The zero-order chi connectivity index (χ0) is 13.9. The minimum absolute atomic E-state index is 0.0516. The number of nitrogens with one attached hydrogen (secondary N) is 1. The van der Waals surface area contributed by atoms with Gasteiger partial charge in [-0.05, 0) is 21.8 Å². The summed E-state index contributed by atoms with van der Waals surface area (Å²) in [5.74, 6) is -1.36. The molecule has 0 amide bonds. The van der Waals surface area contributed by atoms with Crippen LogP contribution in [0.3, 0.4) is 0 Å². The molecule has 0 aliphatic carbocycles. The molecule has 1 rings (SSSR count). The van der Waals surface area contributed by atoms with Crippen molar-refractivity contribution in [3.8, 4) is 0 Å². The van der Waals surface area contributed by atoms with E-state index in [1.54, 1.807) is 13.8 Å². The van der Waals surface area contributed by atoms with Crippen LogP contribution in [0.15, 0.2) is 16.7 Å². The van der Waals surface area contributed by atoms with Crippen molar-refractivity contribution in [2.24, 2.45) is 5.92 Å². The topological polar surface area (TPSA) is 105 Å². The molecule has 98 valence electrons. The largest absolute Gasteiger partial charge is 0.480 e. The molecule has 8 heteroatoms. The minimum atomic E-state index is -1.08. The fourth-order valence-electron chi connectivity index (χ4n) is 1.34. The average Bonchev–Trinajstić information content (AvgIpc) is 2.25. The summed E-state index contributed by atoms with van der Waals surface area (Å²) in [5.41, 5.74) is -0.267. The molecule has 1 atom stereocenters. The van der Waals surface area contributed by atoms with E-state index in [2.05, 4.69) is 26.2 Å². The van der Waals surface area contributed by atoms with Crippen LogP contribution in [0, 0.1) is 16.0 Å². The fraction of sp³-hybridized carbons (Fsp3) is 0.400. The van der Waals surface area contributed by atoms with E-state index in [0.29, 0.717) is 4.47 Å². The molecular formula is C10H12BrN3O4. The lowest BCUT2D eigenvalue weighted by atomic mass is 10.0. The van der Waals surface area contributed by atoms with Gasteiger partial charge < -0.3 is 10.4 Å². The number of aliphatic carboxylic acids is 1. The predicted octanol–water partition coefficient (Wildman–Crippen LogP) is 2.27. The Morgan fingerprint density at radius 2 is 2.22 bits per heavy atom. The number of hydrogen-bond donors (Lipinski definition) is 2. The van der Waals surface area contributed by atoms with Crippen molar-refractivity contribution < 1.29 is 14.8 Å². The lowest BCUT2D eigenvalue weighted by Gasteiger charge is -2.18. The number of halogens is 1. The maximum atomic E-state index is 11.0. The van der Waals surface area contributed by atoms with Gasteiger partial charge in [-0.15, -0.1) is 0 Å². The fourth-order valence-corrected chi connectivity index (χ4v) is 1.66. The normalized spacial score (nSPS) is 12.2. The van der Waals surface area contributed by atoms with Crippen molar-refractivity contribution in [1.29, 1.82) is 0 Å². The first-order valence-corrected chi connectivity index (χ1v) is 5.91. The summed E-state index contributed by atoms with van der Waals surface area (Å²) in [5, 5.41) is 22.5. The van der Waals surface area contributed by atoms with E-state index in [9.17, 15) is 14.9 Å². The van der Waals surface area contributed by atoms with E-state index < -0.39 is 16.9 Å². The second-order valence-electron chi connectivity index (χ2n) is 3.98. The first-order valence-electron chi connectivity index (χ1n) is 5.12. The van der Waals surface area contributed by atoms with Crippen LogP contribution in [0.5, 0.6) is 0 Å². The average molecular weight is 318 g/mol. The highest BCUT2D eigenvalue weighted by Crippen LogP contribution is 2.26. The molecular weight excluding hydrogens is 306 g/mol. The van der Waals surface area contributed by atoms with Crippen molar-refractivity contribution >= 4 is 33.4 Å². The maximum Gasteiger partial charge on any atom is 0.326 e. The van der Waals surface area contributed by atoms with Crippen LogP contribution in [0.2, 0.25) is 0 Å². The Bertz CT molecular complexity index is 478. The summed E-state index contributed by atoms with van der Waals surface area (Å²) in [6, 6.07) is 0.339. The summed E-state index contributed by atoms with van der Waals surface area (Å²) >= 11 is 3.08. The number of carboxylic acids is 1. The third kappa shape index (κ3) is 3.39. The lowest BCUT2D eigenvalue weighted by molar-refractivity contribution is -0.384. The zero-order valence-electron chi connectivity index (χ0n) is 9.75. The van der Waals surface area contributed by atoms with Crippen molar-refractivity contribution in [3.63, 3.8) is 0 Å². The first-order chi connectivity index (χ1) is 8.32. The van der Waals surface area contributed by atoms with Gasteiger partial charge in [-0.1, -0.05) is 13.8 Å². The number of aromatic nitrogens is 1. The Morgan fingerprint density at radius 1 is 1.61 bits per heavy atom. The van der Waals surface area contributed by atoms with E-state index in [-0.39, 0.29) is 17.4 Å². The Labute approximate surface area is 112 Å². The van der Waals surface area contributed by atoms with Crippen LogP contribution in [0.4, 0.5) is 11.5 Å². The monoisotopic (exact) mass is 317 g/mol. The van der Waals surface area contributed by atoms with E-state index in [1.165, 1.54) is 12.3 Å². The highest BCUT2D eigenvalue weighted by Gasteiger charge is 2.25. The van der Waals surface area contributed by atoms with Crippen molar-refractivity contribution in [3.05, 3.63) is 26.9 Å². The molecule has 0 saturated heterocycles. The molecule has 0 spiro atoms. The summed E-state index contributed by atoms with van der Waals surface area (Å²) in [7, 11) is 0. The van der Waals surface area contributed by atoms with Gasteiger partial charge >= 0.3 is 11.7 Å². The lowest BCUT2D eigenvalue weighted by Crippen LogP contribution is -2.34. The molecule has 0 aliphatic rings. The predicted molar refractivity (Wildman–Crippen MR) is 68.5 cm³/mol. The number of nitrogens with zero attached hydrogens (tertiary/aromatic N) is 2. The number of anilines is 1. The van der Waals surface area contributed by atoms with Crippen molar-refractivity contribution in [2.75, 3.05) is 5.32 Å². The molecule has 18 heavy (non-hydrogen) atoms. The van der Waals surface area contributed by atoms with E-state index in [4.69, 9.17) is 5.11 Å². The Balaban J connectivity index is 3.10. The van der Waals surface area contributed by atoms with Crippen LogP contribution < -0.4 is 5.32 Å². The van der Waals surface area contributed by atoms with Crippen LogP contribution in [0.25, 0.3) is 0 Å². The summed E-state index contributed by atoms with van der Waals surface area (Å²) in [4.78, 5) is 25.1. The van der Waals surface area contributed by atoms with E-state index in [0.717, 1.165) is 0 Å². The van der Waals surface area contributed by atoms with Gasteiger partial charge in [-0.25, -0.2) is 9.78 Å². The smallest absolute Gasteiger partial charge is 0.326 e. The van der Waals surface area contributed by atoms with Crippen molar-refractivity contribution in [2.45, 2.75) is 19.9 Å². The van der Waals surface area contributed by atoms with E-state index >= 15 is 0 Å². The molecule has 0 fully saturated rings. The zero-order valence-corrected chi connectivity index (χ0v) is 11.3. The SMILES string of the molecule is CC(C)C(Nc1ncc(Br)cc1[N+](=O)[O-])C(=O)O. The van der Waals surface area contributed by atoms with Crippen LogP contribution in [-0.2, 0) is 4.79 Å². The third-order valence-corrected chi connectivity index (χ3v) is 2.69. The summed E-state index contributed by atoms with van der Waals surface area (Å²) in [6.07, 6.45) is 1.37. The standard InChI is InChI=1S/C10H12BrN3O4/c1-5(2)8(10(15)16)13-9-7(14(17)18)3-6(11)4-12-9/h3-5,8H,1-2H3,(H,12,13)(H,15,16). The number of rotatable bonds is 5.